The van der Waals surface area contributed by atoms with Gasteiger partial charge in [0.15, 0.2) is 0 Å². The van der Waals surface area contributed by atoms with Crippen molar-refractivity contribution in [1.82, 2.24) is 15.2 Å². The van der Waals surface area contributed by atoms with E-state index in [4.69, 9.17) is 4.84 Å². The van der Waals surface area contributed by atoms with E-state index in [9.17, 15) is 26.7 Å². The topological polar surface area (TPSA) is 68.5 Å². The highest BCUT2D eigenvalue weighted by Gasteiger charge is 2.38. The minimum absolute atomic E-state index is 0.102. The summed E-state index contributed by atoms with van der Waals surface area (Å²) in [6.45, 7) is -0.347. The third-order valence-electron chi connectivity index (χ3n) is 3.21. The Morgan fingerprint density at radius 1 is 1.21 bits per heavy atom. The first kappa shape index (κ1) is 16.3. The number of amides is 1. The monoisotopic (exact) mass is 349 g/mol. The molecule has 6 nitrogen and oxygen atoms in total. The second kappa shape index (κ2) is 5.82. The van der Waals surface area contributed by atoms with Crippen LogP contribution in [-0.2, 0) is 22.4 Å². The number of benzene rings is 1. The van der Waals surface area contributed by atoms with E-state index in [2.05, 4.69) is 14.7 Å². The second-order valence-electron chi connectivity index (χ2n) is 4.85. The third-order valence-corrected chi connectivity index (χ3v) is 3.21. The van der Waals surface area contributed by atoms with Crippen molar-refractivity contribution < 1.29 is 36.1 Å². The molecule has 2 aromatic rings. The molecule has 1 amide bonds. The van der Waals surface area contributed by atoms with Gasteiger partial charge in [0.2, 0.25) is 11.7 Å². The molecule has 1 aromatic carbocycles. The third kappa shape index (κ3) is 3.07. The van der Waals surface area contributed by atoms with Crippen LogP contribution in [0.5, 0.6) is 0 Å². The SMILES string of the molecule is O=C1CCON1Cc1c(F)cc(-c2noc(C(F)(F)F)n2)cc1F. The van der Waals surface area contributed by atoms with Gasteiger partial charge in [-0.1, -0.05) is 5.16 Å². The van der Waals surface area contributed by atoms with Gasteiger partial charge in [-0.15, -0.1) is 0 Å². The quantitative estimate of drug-likeness (QED) is 0.797. The van der Waals surface area contributed by atoms with Gasteiger partial charge >= 0.3 is 12.1 Å². The van der Waals surface area contributed by atoms with Crippen molar-refractivity contribution in [3.8, 4) is 11.4 Å². The maximum atomic E-state index is 14.1. The zero-order valence-corrected chi connectivity index (χ0v) is 11.7. The van der Waals surface area contributed by atoms with Gasteiger partial charge in [-0.2, -0.15) is 18.2 Å². The molecule has 0 N–H and O–H groups in total. The fourth-order valence-electron chi connectivity index (χ4n) is 2.06. The van der Waals surface area contributed by atoms with Gasteiger partial charge in [0, 0.05) is 11.1 Å². The zero-order chi connectivity index (χ0) is 17.5. The van der Waals surface area contributed by atoms with Crippen LogP contribution in [0.25, 0.3) is 11.4 Å². The molecule has 1 aromatic heterocycles. The molecular weight excluding hydrogens is 341 g/mol. The number of carbonyl (C=O) groups is 1. The molecule has 0 saturated carbocycles. The van der Waals surface area contributed by atoms with Crippen molar-refractivity contribution in [2.75, 3.05) is 6.61 Å². The van der Waals surface area contributed by atoms with E-state index in [1.807, 2.05) is 0 Å². The molecule has 24 heavy (non-hydrogen) atoms. The molecule has 0 radical (unpaired) electrons. The van der Waals surface area contributed by atoms with Crippen LogP contribution in [0.2, 0.25) is 0 Å². The van der Waals surface area contributed by atoms with Gasteiger partial charge in [0.25, 0.3) is 0 Å². The highest BCUT2D eigenvalue weighted by molar-refractivity contribution is 5.76. The van der Waals surface area contributed by atoms with E-state index in [1.165, 1.54) is 0 Å². The van der Waals surface area contributed by atoms with Gasteiger partial charge < -0.3 is 4.52 Å². The number of aromatic nitrogens is 2. The van der Waals surface area contributed by atoms with E-state index >= 15 is 0 Å². The average Bonchev–Trinajstić information content (AvgIpc) is 3.11. The molecule has 1 aliphatic heterocycles. The van der Waals surface area contributed by atoms with Crippen LogP contribution in [-0.4, -0.2) is 27.7 Å². The van der Waals surface area contributed by atoms with E-state index in [0.29, 0.717) is 0 Å². The summed E-state index contributed by atoms with van der Waals surface area (Å²) in [6, 6.07) is 1.51. The maximum absolute atomic E-state index is 14.1. The summed E-state index contributed by atoms with van der Waals surface area (Å²) in [4.78, 5) is 19.4. The molecule has 0 spiro atoms. The smallest absolute Gasteiger partial charge is 0.329 e. The fraction of sp³-hybridized carbons (Fsp3) is 0.308. The van der Waals surface area contributed by atoms with Gasteiger partial charge in [-0.25, -0.2) is 13.8 Å². The Morgan fingerprint density at radius 2 is 1.88 bits per heavy atom. The molecule has 0 aliphatic carbocycles. The van der Waals surface area contributed by atoms with Gasteiger partial charge in [-0.3, -0.25) is 9.63 Å². The molecule has 1 aliphatic rings. The van der Waals surface area contributed by atoms with Crippen LogP contribution < -0.4 is 0 Å². The minimum Gasteiger partial charge on any atom is -0.329 e. The van der Waals surface area contributed by atoms with Crippen molar-refractivity contribution in [3.63, 3.8) is 0 Å². The van der Waals surface area contributed by atoms with Crippen LogP contribution in [0.4, 0.5) is 22.0 Å². The van der Waals surface area contributed by atoms with Crippen molar-refractivity contribution in [2.45, 2.75) is 19.1 Å². The number of hydroxylamine groups is 2. The van der Waals surface area contributed by atoms with Crippen molar-refractivity contribution in [3.05, 3.63) is 35.2 Å². The Hall–Kier alpha value is -2.56. The van der Waals surface area contributed by atoms with E-state index in [1.54, 1.807) is 0 Å². The summed E-state index contributed by atoms with van der Waals surface area (Å²) in [6.07, 6.45) is -4.76. The summed E-state index contributed by atoms with van der Waals surface area (Å²) >= 11 is 0. The largest absolute Gasteiger partial charge is 0.471 e. The van der Waals surface area contributed by atoms with E-state index < -0.39 is 47.5 Å². The molecule has 0 bridgehead atoms. The number of halogens is 5. The number of rotatable bonds is 3. The van der Waals surface area contributed by atoms with Crippen LogP contribution in [0.1, 0.15) is 17.9 Å². The lowest BCUT2D eigenvalue weighted by molar-refractivity contribution is -0.164. The highest BCUT2D eigenvalue weighted by atomic mass is 19.4. The normalized spacial score (nSPS) is 15.4. The average molecular weight is 349 g/mol. The summed E-state index contributed by atoms with van der Waals surface area (Å²) in [5.74, 6) is -4.82. The molecule has 2 heterocycles. The van der Waals surface area contributed by atoms with Crippen LogP contribution in [0, 0.1) is 11.6 Å². The Bertz CT molecular complexity index is 766. The zero-order valence-electron chi connectivity index (χ0n) is 11.7. The summed E-state index contributed by atoms with van der Waals surface area (Å²) in [5.41, 5.74) is -0.796. The number of alkyl halides is 3. The number of hydrogen-bond donors (Lipinski definition) is 0. The Labute approximate surface area is 130 Å². The van der Waals surface area contributed by atoms with Crippen molar-refractivity contribution in [1.29, 1.82) is 0 Å². The summed E-state index contributed by atoms with van der Waals surface area (Å²) < 4.78 is 69.4. The molecule has 1 fully saturated rings. The Balaban J connectivity index is 1.89. The molecule has 0 unspecified atom stereocenters. The van der Waals surface area contributed by atoms with Gasteiger partial charge in [0.05, 0.1) is 19.6 Å². The first-order valence-electron chi connectivity index (χ1n) is 6.58. The lowest BCUT2D eigenvalue weighted by atomic mass is 10.1. The first-order chi connectivity index (χ1) is 11.3. The molecule has 128 valence electrons. The van der Waals surface area contributed by atoms with Gasteiger partial charge in [0.1, 0.15) is 11.6 Å². The molecular formula is C13H8F5N3O3. The maximum Gasteiger partial charge on any atom is 0.471 e. The summed E-state index contributed by atoms with van der Waals surface area (Å²) in [5, 5.41) is 3.87. The van der Waals surface area contributed by atoms with Gasteiger partial charge in [-0.05, 0) is 12.1 Å². The number of hydrogen-bond acceptors (Lipinski definition) is 5. The second-order valence-corrected chi connectivity index (χ2v) is 4.85. The minimum atomic E-state index is -4.87. The number of carbonyl (C=O) groups excluding carboxylic acids is 1. The highest BCUT2D eigenvalue weighted by Crippen LogP contribution is 2.30. The predicted molar refractivity (Wildman–Crippen MR) is 65.8 cm³/mol. The van der Waals surface area contributed by atoms with Crippen molar-refractivity contribution in [2.24, 2.45) is 0 Å². The molecule has 0 atom stereocenters. The van der Waals surface area contributed by atoms with Crippen LogP contribution >= 0.6 is 0 Å². The fourth-order valence-corrected chi connectivity index (χ4v) is 2.06. The Kier molecular flexibility index (Phi) is 3.95. The lowest BCUT2D eigenvalue weighted by Gasteiger charge is -2.15. The molecule has 1 saturated heterocycles. The standard InChI is InChI=1S/C13H8F5N3O3/c14-8-3-6(11-19-12(24-20-11)13(16,17)18)4-9(15)7(8)5-21-10(22)1-2-23-21/h3-4H,1-2,5H2. The lowest BCUT2D eigenvalue weighted by Crippen LogP contribution is -2.23. The predicted octanol–water partition coefficient (Wildman–Crippen LogP) is 2.70. The van der Waals surface area contributed by atoms with Crippen molar-refractivity contribution >= 4 is 5.91 Å². The van der Waals surface area contributed by atoms with Crippen LogP contribution in [0.3, 0.4) is 0 Å². The number of nitrogens with zero attached hydrogens (tertiary/aromatic N) is 3. The molecule has 3 rings (SSSR count). The summed E-state index contributed by atoms with van der Waals surface area (Å²) in [7, 11) is 0. The van der Waals surface area contributed by atoms with E-state index in [0.717, 1.165) is 17.2 Å². The first-order valence-corrected chi connectivity index (χ1v) is 6.58. The molecule has 11 heteroatoms. The Morgan fingerprint density at radius 3 is 2.38 bits per heavy atom. The van der Waals surface area contributed by atoms with E-state index in [-0.39, 0.29) is 18.6 Å². The van der Waals surface area contributed by atoms with Crippen LogP contribution in [0.15, 0.2) is 16.7 Å².